The molecule has 0 atom stereocenters. The minimum absolute atomic E-state index is 0.0556. The van der Waals surface area contributed by atoms with Crippen molar-refractivity contribution in [2.45, 2.75) is 0 Å². The summed E-state index contributed by atoms with van der Waals surface area (Å²) in [7, 11) is 0. The molecule has 1 heterocycles. The van der Waals surface area contributed by atoms with Crippen molar-refractivity contribution in [3.05, 3.63) is 23.7 Å². The molecule has 0 aliphatic rings. The van der Waals surface area contributed by atoms with E-state index in [9.17, 15) is 5.21 Å². The van der Waals surface area contributed by atoms with Gasteiger partial charge in [0.25, 0.3) is 0 Å². The molecule has 54 valence electrons. The second kappa shape index (κ2) is 3.22. The molecule has 6 heteroatoms. The van der Waals surface area contributed by atoms with Crippen LogP contribution in [0.5, 0.6) is 0 Å². The van der Waals surface area contributed by atoms with Crippen molar-refractivity contribution in [3.8, 4) is 6.19 Å². The van der Waals surface area contributed by atoms with Crippen molar-refractivity contribution in [3.63, 3.8) is 0 Å². The zero-order valence-electron chi connectivity index (χ0n) is 5.38. The van der Waals surface area contributed by atoms with E-state index in [1.165, 1.54) is 18.6 Å². The Morgan fingerprint density at radius 1 is 1.55 bits per heavy atom. The molecule has 1 aromatic rings. The van der Waals surface area contributed by atoms with Crippen molar-refractivity contribution in [2.75, 3.05) is 0 Å². The van der Waals surface area contributed by atoms with Gasteiger partial charge in [0, 0.05) is 6.07 Å². The summed E-state index contributed by atoms with van der Waals surface area (Å²) in [6.07, 6.45) is 4.10. The summed E-state index contributed by atoms with van der Waals surface area (Å²) in [5.41, 5.74) is 0. The molecule has 0 N–H and O–H groups in total. The van der Waals surface area contributed by atoms with Gasteiger partial charge in [0.05, 0.1) is 0 Å². The van der Waals surface area contributed by atoms with Crippen LogP contribution in [0.2, 0.25) is 0 Å². The minimum atomic E-state index is -0.144. The summed E-state index contributed by atoms with van der Waals surface area (Å²) in [5, 5.41) is 21.5. The summed E-state index contributed by atoms with van der Waals surface area (Å²) >= 11 is 0. The van der Waals surface area contributed by atoms with E-state index in [2.05, 4.69) is 15.1 Å². The molecular weight excluding hydrogens is 146 g/mol. The maximum absolute atomic E-state index is 10.6. The highest BCUT2D eigenvalue weighted by atomic mass is 16.5. The zero-order chi connectivity index (χ0) is 8.10. The Morgan fingerprint density at radius 2 is 2.18 bits per heavy atom. The minimum Gasteiger partial charge on any atom is -0.721 e. The van der Waals surface area contributed by atoms with Crippen LogP contribution in [-0.2, 0) is 0 Å². The van der Waals surface area contributed by atoms with Crippen LogP contribution in [0, 0.1) is 16.7 Å². The van der Waals surface area contributed by atoms with Crippen molar-refractivity contribution in [2.24, 2.45) is 5.11 Å². The Kier molecular flexibility index (Phi) is 2.07. The van der Waals surface area contributed by atoms with E-state index in [1.54, 1.807) is 6.07 Å². The Labute approximate surface area is 62.0 Å². The van der Waals surface area contributed by atoms with Gasteiger partial charge in [-0.15, -0.1) is 4.86 Å². The largest absolute Gasteiger partial charge is 0.721 e. The van der Waals surface area contributed by atoms with E-state index in [0.717, 1.165) is 0 Å². The van der Waals surface area contributed by atoms with Crippen molar-refractivity contribution in [1.82, 2.24) is 9.97 Å². The molecule has 1 rings (SSSR count). The van der Waals surface area contributed by atoms with Crippen molar-refractivity contribution < 1.29 is 4.86 Å². The predicted molar refractivity (Wildman–Crippen MR) is 33.4 cm³/mol. The molecule has 11 heavy (non-hydrogen) atoms. The molecule has 0 bridgehead atoms. The summed E-state index contributed by atoms with van der Waals surface area (Å²) < 4.78 is 0. The normalized spacial score (nSPS) is 10.6. The predicted octanol–water partition coefficient (Wildman–Crippen LogP) is 0.552. The van der Waals surface area contributed by atoms with Crippen LogP contribution in [0.1, 0.15) is 0 Å². The molecule has 0 radical (unpaired) electrons. The number of aromatic nitrogens is 2. The first kappa shape index (κ1) is 7.08. The Bertz CT molecular complexity index is 300. The number of azo groups is 1. The summed E-state index contributed by atoms with van der Waals surface area (Å²) in [4.78, 5) is 7.16. The summed E-state index contributed by atoms with van der Waals surface area (Å²) in [5.74, 6) is -0.144. The van der Waals surface area contributed by atoms with Crippen LogP contribution < -0.4 is 0 Å². The van der Waals surface area contributed by atoms with Crippen LogP contribution in [0.15, 0.2) is 23.6 Å². The SMILES string of the molecule is N#CN=[N+]([O-])c1ncccn1. The molecule has 0 amide bonds. The summed E-state index contributed by atoms with van der Waals surface area (Å²) in [6, 6.07) is 1.56. The Balaban J connectivity index is 2.96. The topological polar surface area (TPSA) is 88.0 Å². The van der Waals surface area contributed by atoms with E-state index in [1.807, 2.05) is 0 Å². The smallest absolute Gasteiger partial charge is 0.453 e. The first-order chi connectivity index (χ1) is 5.34. The van der Waals surface area contributed by atoms with Gasteiger partial charge in [-0.25, -0.2) is 0 Å². The average Bonchev–Trinajstić information content (AvgIpc) is 2.07. The molecule has 0 aliphatic carbocycles. The first-order valence-electron chi connectivity index (χ1n) is 2.68. The Morgan fingerprint density at radius 3 is 2.73 bits per heavy atom. The first-order valence-corrected chi connectivity index (χ1v) is 2.68. The second-order valence-corrected chi connectivity index (χ2v) is 1.52. The molecule has 0 saturated heterocycles. The molecular formula is C5H3N5O. The van der Waals surface area contributed by atoms with Gasteiger partial charge in [0.15, 0.2) is 0 Å². The van der Waals surface area contributed by atoms with Gasteiger partial charge in [-0.2, -0.15) is 5.26 Å². The monoisotopic (exact) mass is 149 g/mol. The maximum atomic E-state index is 10.6. The van der Waals surface area contributed by atoms with E-state index in [-0.39, 0.29) is 10.8 Å². The van der Waals surface area contributed by atoms with E-state index >= 15 is 0 Å². The van der Waals surface area contributed by atoms with Gasteiger partial charge in [-0.3, -0.25) is 0 Å². The lowest BCUT2D eigenvalue weighted by atomic mass is 10.7. The highest BCUT2D eigenvalue weighted by Gasteiger charge is 2.02. The van der Waals surface area contributed by atoms with Gasteiger partial charge in [-0.05, 0) is 5.11 Å². The second-order valence-electron chi connectivity index (χ2n) is 1.52. The number of nitrogens with zero attached hydrogens (tertiary/aromatic N) is 5. The Hall–Kier alpha value is -2.03. The quantitative estimate of drug-likeness (QED) is 0.252. The third-order valence-corrected chi connectivity index (χ3v) is 0.859. The van der Waals surface area contributed by atoms with Gasteiger partial charge < -0.3 is 5.21 Å². The van der Waals surface area contributed by atoms with Crippen LogP contribution in [-0.4, -0.2) is 14.8 Å². The van der Waals surface area contributed by atoms with Crippen molar-refractivity contribution in [1.29, 1.82) is 5.26 Å². The standard InChI is InChI=1S/C5H3N5O/c6-4-9-10(11)5-7-2-1-3-8-5/h1-3H. The molecule has 1 aromatic heterocycles. The van der Waals surface area contributed by atoms with E-state index < -0.39 is 0 Å². The van der Waals surface area contributed by atoms with Crippen LogP contribution >= 0.6 is 0 Å². The van der Waals surface area contributed by atoms with E-state index in [0.29, 0.717) is 0 Å². The maximum Gasteiger partial charge on any atom is 0.453 e. The fourth-order valence-corrected chi connectivity index (χ4v) is 0.475. The van der Waals surface area contributed by atoms with Crippen LogP contribution in [0.3, 0.4) is 0 Å². The highest BCUT2D eigenvalue weighted by Crippen LogP contribution is 1.98. The number of hydrogen-bond acceptors (Lipinski definition) is 5. The van der Waals surface area contributed by atoms with Gasteiger partial charge in [0.2, 0.25) is 6.19 Å². The lowest BCUT2D eigenvalue weighted by Crippen LogP contribution is -1.95. The third-order valence-electron chi connectivity index (χ3n) is 0.859. The average molecular weight is 149 g/mol. The van der Waals surface area contributed by atoms with Gasteiger partial charge in [0.1, 0.15) is 12.4 Å². The highest BCUT2D eigenvalue weighted by molar-refractivity contribution is 5.00. The van der Waals surface area contributed by atoms with Gasteiger partial charge in [-0.1, -0.05) is 9.97 Å². The number of hydrogen-bond donors (Lipinski definition) is 0. The zero-order valence-corrected chi connectivity index (χ0v) is 5.38. The molecule has 0 spiro atoms. The lowest BCUT2D eigenvalue weighted by molar-refractivity contribution is -0.443. The van der Waals surface area contributed by atoms with Crippen LogP contribution in [0.25, 0.3) is 0 Å². The molecule has 0 aliphatic heterocycles. The fraction of sp³-hybridized carbons (Fsp3) is 0. The lowest BCUT2D eigenvalue weighted by Gasteiger charge is -1.96. The molecule has 0 fully saturated rings. The number of nitriles is 1. The molecule has 0 aromatic carbocycles. The molecule has 0 unspecified atom stereocenters. The number of rotatable bonds is 1. The van der Waals surface area contributed by atoms with Gasteiger partial charge >= 0.3 is 5.95 Å². The molecule has 0 saturated carbocycles. The fourth-order valence-electron chi connectivity index (χ4n) is 0.475. The van der Waals surface area contributed by atoms with Crippen LogP contribution in [0.4, 0.5) is 5.95 Å². The summed E-state index contributed by atoms with van der Waals surface area (Å²) in [6.45, 7) is 0. The van der Waals surface area contributed by atoms with E-state index in [4.69, 9.17) is 5.26 Å². The third kappa shape index (κ3) is 1.69. The van der Waals surface area contributed by atoms with Crippen molar-refractivity contribution >= 4 is 5.95 Å². The molecule has 6 nitrogen and oxygen atoms in total.